The number of aliphatic hydroxyl groups excluding tert-OH is 2. The molecule has 7 N–H and O–H groups in total. The van der Waals surface area contributed by atoms with Gasteiger partial charge in [-0.1, -0.05) is 12.8 Å². The number of benzene rings is 1. The number of β-amino-alcohol motifs (C(OH)–C–C–N with tert-alkyl or cyclic N) is 1. The van der Waals surface area contributed by atoms with Gasteiger partial charge >= 0.3 is 0 Å². The molecule has 2 bridgehead atoms. The minimum Gasteiger partial charge on any atom is -0.489 e. The summed E-state index contributed by atoms with van der Waals surface area (Å²) in [4.78, 5) is 20.7. The van der Waals surface area contributed by atoms with Crippen molar-refractivity contribution >= 4 is 29.0 Å². The van der Waals surface area contributed by atoms with Crippen molar-refractivity contribution in [3.63, 3.8) is 0 Å². The summed E-state index contributed by atoms with van der Waals surface area (Å²) in [7, 11) is 0. The molecule has 2 saturated carbocycles. The predicted molar refractivity (Wildman–Crippen MR) is 133 cm³/mol. The third-order valence-electron chi connectivity index (χ3n) is 7.48. The van der Waals surface area contributed by atoms with Crippen LogP contribution in [0.25, 0.3) is 0 Å². The van der Waals surface area contributed by atoms with Crippen LogP contribution in [0.1, 0.15) is 48.9 Å². The van der Waals surface area contributed by atoms with E-state index >= 15 is 0 Å². The maximum Gasteiger partial charge on any atom is 0.254 e. The standard InChI is InChI=1S/C25H34N6O4/c26-23(34)19-12-29-25(30-17-4-5-21-20(10-17)28-11-18(32)13-35-21)31-24(19)27-7-6-16-9-14-2-1-3-15(8-14)22(16)33/h4-5,10,12,14-16,18,22,28,32-33H,1-3,6-9,11,13H2,(H2,26,34)(H2,27,29,30,31)/t14?,15?,16?,18-,22?/m0/s1. The van der Waals surface area contributed by atoms with Gasteiger partial charge in [-0.2, -0.15) is 4.98 Å². The monoisotopic (exact) mass is 482 g/mol. The molecule has 188 valence electrons. The first-order chi connectivity index (χ1) is 17.0. The van der Waals surface area contributed by atoms with Gasteiger partial charge in [0.15, 0.2) is 0 Å². The summed E-state index contributed by atoms with van der Waals surface area (Å²) in [5.74, 6) is 2.16. The van der Waals surface area contributed by atoms with Gasteiger partial charge in [0.05, 0.1) is 17.4 Å². The van der Waals surface area contributed by atoms with E-state index in [0.29, 0.717) is 36.5 Å². The number of aliphatic hydroxyl groups is 2. The first-order valence-corrected chi connectivity index (χ1v) is 12.5. The molecule has 5 rings (SSSR count). The average molecular weight is 483 g/mol. The zero-order valence-corrected chi connectivity index (χ0v) is 19.7. The van der Waals surface area contributed by atoms with Gasteiger partial charge in [0.25, 0.3) is 5.91 Å². The summed E-state index contributed by atoms with van der Waals surface area (Å²) < 4.78 is 5.60. The smallest absolute Gasteiger partial charge is 0.254 e. The van der Waals surface area contributed by atoms with E-state index in [1.807, 2.05) is 18.2 Å². The van der Waals surface area contributed by atoms with Crippen molar-refractivity contribution in [1.82, 2.24) is 9.97 Å². The first kappa shape index (κ1) is 23.6. The van der Waals surface area contributed by atoms with Crippen LogP contribution in [0.15, 0.2) is 24.4 Å². The Labute approximate surface area is 204 Å². The van der Waals surface area contributed by atoms with Crippen LogP contribution in [0.4, 0.5) is 23.1 Å². The molecular weight excluding hydrogens is 448 g/mol. The van der Waals surface area contributed by atoms with Crippen LogP contribution in [0, 0.1) is 17.8 Å². The van der Waals surface area contributed by atoms with Gasteiger partial charge in [0.1, 0.15) is 24.3 Å². The molecule has 1 aromatic carbocycles. The zero-order valence-electron chi connectivity index (χ0n) is 19.7. The molecule has 0 saturated heterocycles. The predicted octanol–water partition coefficient (Wildman–Crippen LogP) is 2.47. The summed E-state index contributed by atoms with van der Waals surface area (Å²) in [6, 6.07) is 5.50. The lowest BCUT2D eigenvalue weighted by atomic mass is 9.65. The summed E-state index contributed by atoms with van der Waals surface area (Å²) in [5, 5.41) is 30.1. The topological polar surface area (TPSA) is 155 Å². The second kappa shape index (κ2) is 10.2. The van der Waals surface area contributed by atoms with Crippen LogP contribution in [-0.2, 0) is 0 Å². The molecule has 35 heavy (non-hydrogen) atoms. The first-order valence-electron chi connectivity index (χ1n) is 12.5. The molecule has 5 atom stereocenters. The fraction of sp³-hybridized carbons (Fsp3) is 0.560. The van der Waals surface area contributed by atoms with E-state index in [4.69, 9.17) is 10.5 Å². The SMILES string of the molecule is NC(=O)c1cnc(Nc2ccc3c(c2)NC[C@H](O)CO3)nc1NCCC1CC2CCCC(C2)C1O. The highest BCUT2D eigenvalue weighted by atomic mass is 16.5. The number of nitrogens with one attached hydrogen (secondary N) is 3. The summed E-state index contributed by atoms with van der Waals surface area (Å²) >= 11 is 0. The lowest BCUT2D eigenvalue weighted by Crippen LogP contribution is -2.40. The van der Waals surface area contributed by atoms with E-state index in [9.17, 15) is 15.0 Å². The Balaban J connectivity index is 1.25. The normalized spacial score (nSPS) is 27.5. The molecule has 10 heteroatoms. The van der Waals surface area contributed by atoms with Gasteiger partial charge in [0.2, 0.25) is 5.95 Å². The van der Waals surface area contributed by atoms with Gasteiger partial charge in [0, 0.05) is 25.0 Å². The van der Waals surface area contributed by atoms with Crippen LogP contribution in [-0.4, -0.2) is 58.0 Å². The highest BCUT2D eigenvalue weighted by Gasteiger charge is 2.38. The highest BCUT2D eigenvalue weighted by Crippen LogP contribution is 2.43. The Morgan fingerprint density at radius 1 is 1.26 bits per heavy atom. The number of hydrogen-bond acceptors (Lipinski definition) is 9. The highest BCUT2D eigenvalue weighted by molar-refractivity contribution is 5.97. The van der Waals surface area contributed by atoms with Gasteiger partial charge in [-0.05, 0) is 61.6 Å². The number of fused-ring (bicyclic) bond motifs is 3. The molecular formula is C25H34N6O4. The Morgan fingerprint density at radius 2 is 2.14 bits per heavy atom. The van der Waals surface area contributed by atoms with Gasteiger partial charge in [-0.3, -0.25) is 4.79 Å². The number of aromatic nitrogens is 2. The number of carbonyl (C=O) groups excluding carboxylic acids is 1. The van der Waals surface area contributed by atoms with Crippen LogP contribution in [0.5, 0.6) is 5.75 Å². The Kier molecular flexibility index (Phi) is 6.92. The molecule has 1 aromatic heterocycles. The largest absolute Gasteiger partial charge is 0.489 e. The van der Waals surface area contributed by atoms with Crippen molar-refractivity contribution in [1.29, 1.82) is 0 Å². The number of amides is 1. The Morgan fingerprint density at radius 3 is 3.00 bits per heavy atom. The minimum absolute atomic E-state index is 0.225. The summed E-state index contributed by atoms with van der Waals surface area (Å²) in [5.41, 5.74) is 7.27. The molecule has 2 aliphatic carbocycles. The van der Waals surface area contributed by atoms with Gasteiger partial charge in [-0.25, -0.2) is 4.98 Å². The number of primary amides is 1. The molecule has 1 aliphatic heterocycles. The molecule has 10 nitrogen and oxygen atoms in total. The Hall–Kier alpha value is -3.11. The molecule has 0 spiro atoms. The number of hydrogen-bond donors (Lipinski definition) is 6. The zero-order chi connectivity index (χ0) is 24.4. The third-order valence-corrected chi connectivity index (χ3v) is 7.48. The average Bonchev–Trinajstić information content (AvgIpc) is 3.03. The number of rotatable bonds is 7. The molecule has 2 heterocycles. The number of carbonyl (C=O) groups is 1. The van der Waals surface area contributed by atoms with Crippen molar-refractivity contribution < 1.29 is 19.7 Å². The van der Waals surface area contributed by atoms with Crippen molar-refractivity contribution in [3.05, 3.63) is 30.0 Å². The van der Waals surface area contributed by atoms with Gasteiger partial charge < -0.3 is 36.6 Å². The van der Waals surface area contributed by atoms with Gasteiger partial charge in [-0.15, -0.1) is 0 Å². The second-order valence-corrected chi connectivity index (χ2v) is 10.00. The summed E-state index contributed by atoms with van der Waals surface area (Å²) in [6.07, 6.45) is 7.23. The maximum absolute atomic E-state index is 12.0. The number of nitrogens with two attached hydrogens (primary N) is 1. The maximum atomic E-state index is 12.0. The minimum atomic E-state index is -0.601. The number of anilines is 4. The lowest BCUT2D eigenvalue weighted by molar-refractivity contribution is -0.0273. The van der Waals surface area contributed by atoms with E-state index in [1.54, 1.807) is 0 Å². The molecule has 2 aromatic rings. The lowest BCUT2D eigenvalue weighted by Gasteiger charge is -2.43. The fourth-order valence-electron chi connectivity index (χ4n) is 5.70. The van der Waals surface area contributed by atoms with E-state index in [-0.39, 0.29) is 24.2 Å². The van der Waals surface area contributed by atoms with Crippen LogP contribution >= 0.6 is 0 Å². The molecule has 3 aliphatic rings. The van der Waals surface area contributed by atoms with Crippen molar-refractivity contribution in [3.8, 4) is 5.75 Å². The molecule has 2 fully saturated rings. The van der Waals surface area contributed by atoms with Crippen LogP contribution in [0.2, 0.25) is 0 Å². The number of ether oxygens (including phenoxy) is 1. The van der Waals surface area contributed by atoms with E-state index in [1.165, 1.54) is 19.0 Å². The molecule has 1 amide bonds. The molecule has 0 radical (unpaired) electrons. The van der Waals surface area contributed by atoms with E-state index in [0.717, 1.165) is 43.0 Å². The van der Waals surface area contributed by atoms with E-state index in [2.05, 4.69) is 25.9 Å². The second-order valence-electron chi connectivity index (χ2n) is 10.00. The van der Waals surface area contributed by atoms with Crippen molar-refractivity contribution in [2.75, 3.05) is 35.6 Å². The van der Waals surface area contributed by atoms with Crippen LogP contribution in [0.3, 0.4) is 0 Å². The fourth-order valence-corrected chi connectivity index (χ4v) is 5.70. The van der Waals surface area contributed by atoms with E-state index < -0.39 is 12.0 Å². The third kappa shape index (κ3) is 5.43. The summed E-state index contributed by atoms with van der Waals surface area (Å²) in [6.45, 7) is 1.21. The number of nitrogens with zero attached hydrogens (tertiary/aromatic N) is 2. The quantitative estimate of drug-likeness (QED) is 0.349. The van der Waals surface area contributed by atoms with Crippen molar-refractivity contribution in [2.45, 2.75) is 50.7 Å². The van der Waals surface area contributed by atoms with Crippen molar-refractivity contribution in [2.24, 2.45) is 23.5 Å². The molecule has 4 unspecified atom stereocenters. The Bertz CT molecular complexity index is 1070. The van der Waals surface area contributed by atoms with Crippen LogP contribution < -0.4 is 26.4 Å².